The molecule has 1 aromatic carbocycles. The lowest BCUT2D eigenvalue weighted by molar-refractivity contribution is -0.0992. The number of rotatable bonds is 5. The van der Waals surface area contributed by atoms with Crippen LogP contribution in [0.1, 0.15) is 20.8 Å². The van der Waals surface area contributed by atoms with E-state index in [4.69, 9.17) is 16.3 Å². The molecule has 0 saturated heterocycles. The lowest BCUT2D eigenvalue weighted by Gasteiger charge is -2.40. The van der Waals surface area contributed by atoms with Crippen molar-refractivity contribution in [1.82, 2.24) is 9.55 Å². The minimum Gasteiger partial charge on any atom is -0.490 e. The fourth-order valence-electron chi connectivity index (χ4n) is 1.92. The molecular formula is C16H21ClN2O2. The Morgan fingerprint density at radius 1 is 1.24 bits per heavy atom. The molecule has 0 saturated carbocycles. The van der Waals surface area contributed by atoms with Crippen LogP contribution in [-0.2, 0) is 6.54 Å². The van der Waals surface area contributed by atoms with Crippen LogP contribution in [0.2, 0.25) is 5.02 Å². The van der Waals surface area contributed by atoms with Gasteiger partial charge in [-0.15, -0.1) is 0 Å². The van der Waals surface area contributed by atoms with Crippen molar-refractivity contribution in [2.24, 2.45) is 5.41 Å². The maximum atomic E-state index is 11.0. The highest BCUT2D eigenvalue weighted by Crippen LogP contribution is 2.32. The van der Waals surface area contributed by atoms with E-state index in [1.54, 1.807) is 36.8 Å². The van der Waals surface area contributed by atoms with Gasteiger partial charge in [-0.05, 0) is 29.7 Å². The summed E-state index contributed by atoms with van der Waals surface area (Å²) in [4.78, 5) is 4.01. The molecule has 5 heteroatoms. The van der Waals surface area contributed by atoms with Crippen LogP contribution in [-0.4, -0.2) is 26.9 Å². The molecule has 1 heterocycles. The zero-order valence-electron chi connectivity index (χ0n) is 12.6. The average molecular weight is 309 g/mol. The van der Waals surface area contributed by atoms with Gasteiger partial charge in [-0.1, -0.05) is 32.4 Å². The molecular weight excluding hydrogens is 288 g/mol. The van der Waals surface area contributed by atoms with E-state index in [9.17, 15) is 5.11 Å². The third kappa shape index (κ3) is 3.99. The fourth-order valence-corrected chi connectivity index (χ4v) is 2.04. The molecule has 2 aromatic rings. The first-order valence-electron chi connectivity index (χ1n) is 6.87. The summed E-state index contributed by atoms with van der Waals surface area (Å²) in [5.41, 5.74) is -1.36. The molecule has 0 bridgehead atoms. The molecule has 0 aliphatic rings. The minimum atomic E-state index is -1.02. The molecule has 1 unspecified atom stereocenters. The first-order chi connectivity index (χ1) is 9.80. The number of aliphatic hydroxyl groups is 1. The van der Waals surface area contributed by atoms with Gasteiger partial charge in [-0.2, -0.15) is 0 Å². The zero-order valence-corrected chi connectivity index (χ0v) is 13.3. The molecule has 21 heavy (non-hydrogen) atoms. The Bertz CT molecular complexity index is 561. The predicted octanol–water partition coefficient (Wildman–Crippen LogP) is 3.39. The van der Waals surface area contributed by atoms with Crippen molar-refractivity contribution >= 4 is 11.6 Å². The van der Waals surface area contributed by atoms with E-state index < -0.39 is 5.60 Å². The number of benzene rings is 1. The summed E-state index contributed by atoms with van der Waals surface area (Å²) in [5.74, 6) is 0.688. The van der Waals surface area contributed by atoms with Gasteiger partial charge in [0.2, 0.25) is 0 Å². The van der Waals surface area contributed by atoms with E-state index >= 15 is 0 Å². The SMILES string of the molecule is CC(C)(C)C(O)(COc1ccc(Cl)cc1)Cn1ccnc1. The molecule has 0 aliphatic carbocycles. The highest BCUT2D eigenvalue weighted by atomic mass is 35.5. The van der Waals surface area contributed by atoms with Gasteiger partial charge in [0.15, 0.2) is 0 Å². The largest absolute Gasteiger partial charge is 0.490 e. The third-order valence-corrected chi connectivity index (χ3v) is 3.94. The first-order valence-corrected chi connectivity index (χ1v) is 7.24. The Kier molecular flexibility index (Phi) is 4.59. The molecule has 0 aliphatic heterocycles. The normalized spacial score (nSPS) is 14.7. The van der Waals surface area contributed by atoms with Crippen molar-refractivity contribution in [3.8, 4) is 5.75 Å². The topological polar surface area (TPSA) is 47.3 Å². The molecule has 1 N–H and O–H groups in total. The monoisotopic (exact) mass is 308 g/mol. The van der Waals surface area contributed by atoms with Gasteiger partial charge in [-0.25, -0.2) is 4.98 Å². The van der Waals surface area contributed by atoms with E-state index in [1.807, 2.05) is 31.5 Å². The summed E-state index contributed by atoms with van der Waals surface area (Å²) in [5, 5.41) is 11.7. The maximum absolute atomic E-state index is 11.0. The smallest absolute Gasteiger partial charge is 0.121 e. The highest BCUT2D eigenvalue weighted by Gasteiger charge is 2.41. The second-order valence-corrected chi connectivity index (χ2v) is 6.70. The van der Waals surface area contributed by atoms with E-state index in [0.717, 1.165) is 0 Å². The van der Waals surface area contributed by atoms with Crippen LogP contribution in [0.3, 0.4) is 0 Å². The van der Waals surface area contributed by atoms with Crippen LogP contribution in [0.5, 0.6) is 5.75 Å². The van der Waals surface area contributed by atoms with E-state index in [2.05, 4.69) is 4.98 Å². The molecule has 4 nitrogen and oxygen atoms in total. The molecule has 2 rings (SSSR count). The number of hydrogen-bond acceptors (Lipinski definition) is 3. The second kappa shape index (κ2) is 6.08. The van der Waals surface area contributed by atoms with Crippen molar-refractivity contribution < 1.29 is 9.84 Å². The van der Waals surface area contributed by atoms with E-state index in [1.165, 1.54) is 0 Å². The third-order valence-electron chi connectivity index (χ3n) is 3.69. The standard InChI is InChI=1S/C16H21ClN2O2/c1-15(2,3)16(20,10-19-9-8-18-12-19)11-21-14-6-4-13(17)5-7-14/h4-9,12,20H,10-11H2,1-3H3. The van der Waals surface area contributed by atoms with E-state index in [0.29, 0.717) is 17.3 Å². The Labute approximate surface area is 130 Å². The van der Waals surface area contributed by atoms with Crippen LogP contribution in [0.4, 0.5) is 0 Å². The maximum Gasteiger partial charge on any atom is 0.121 e. The van der Waals surface area contributed by atoms with Gasteiger partial charge in [0.25, 0.3) is 0 Å². The number of ether oxygens (including phenoxy) is 1. The van der Waals surface area contributed by atoms with Gasteiger partial charge in [0.1, 0.15) is 18.0 Å². The summed E-state index contributed by atoms with van der Waals surface area (Å²) in [6.07, 6.45) is 5.22. The summed E-state index contributed by atoms with van der Waals surface area (Å²) in [6, 6.07) is 7.12. The van der Waals surface area contributed by atoms with Crippen LogP contribution in [0.15, 0.2) is 43.0 Å². The Morgan fingerprint density at radius 2 is 1.90 bits per heavy atom. The Balaban J connectivity index is 2.11. The van der Waals surface area contributed by atoms with Crippen LogP contribution in [0.25, 0.3) is 0 Å². The van der Waals surface area contributed by atoms with Crippen LogP contribution in [0, 0.1) is 5.41 Å². The Morgan fingerprint density at radius 3 is 2.43 bits per heavy atom. The minimum absolute atomic E-state index is 0.191. The van der Waals surface area contributed by atoms with Crippen LogP contribution < -0.4 is 4.74 Å². The molecule has 0 spiro atoms. The first kappa shape index (κ1) is 15.9. The number of aromatic nitrogens is 2. The highest BCUT2D eigenvalue weighted by molar-refractivity contribution is 6.30. The van der Waals surface area contributed by atoms with E-state index in [-0.39, 0.29) is 12.0 Å². The number of imidazole rings is 1. The number of hydrogen-bond donors (Lipinski definition) is 1. The van der Waals surface area contributed by atoms with Gasteiger partial charge >= 0.3 is 0 Å². The van der Waals surface area contributed by atoms with Gasteiger partial charge < -0.3 is 14.4 Å². The molecule has 0 amide bonds. The van der Waals surface area contributed by atoms with Gasteiger partial charge in [0, 0.05) is 17.4 Å². The predicted molar refractivity (Wildman–Crippen MR) is 83.6 cm³/mol. The van der Waals surface area contributed by atoms with Gasteiger partial charge in [0.05, 0.1) is 12.9 Å². The molecule has 1 aromatic heterocycles. The zero-order chi connectivity index (χ0) is 15.5. The number of nitrogens with zero attached hydrogens (tertiary/aromatic N) is 2. The average Bonchev–Trinajstić information content (AvgIpc) is 2.89. The van der Waals surface area contributed by atoms with Crippen molar-refractivity contribution in [1.29, 1.82) is 0 Å². The summed E-state index contributed by atoms with van der Waals surface area (Å²) >= 11 is 5.85. The fraction of sp³-hybridized carbons (Fsp3) is 0.438. The quantitative estimate of drug-likeness (QED) is 0.921. The van der Waals surface area contributed by atoms with Crippen molar-refractivity contribution in [3.05, 3.63) is 48.0 Å². The van der Waals surface area contributed by atoms with Crippen molar-refractivity contribution in [3.63, 3.8) is 0 Å². The molecule has 0 fully saturated rings. The van der Waals surface area contributed by atoms with Gasteiger partial charge in [-0.3, -0.25) is 0 Å². The number of halogens is 1. The van der Waals surface area contributed by atoms with Crippen LogP contribution >= 0.6 is 11.6 Å². The Hall–Kier alpha value is -1.52. The lowest BCUT2D eigenvalue weighted by Crippen LogP contribution is -2.51. The second-order valence-electron chi connectivity index (χ2n) is 6.26. The summed E-state index contributed by atoms with van der Waals surface area (Å²) < 4.78 is 7.62. The molecule has 1 atom stereocenters. The lowest BCUT2D eigenvalue weighted by atomic mass is 9.76. The van der Waals surface area contributed by atoms with Crippen molar-refractivity contribution in [2.45, 2.75) is 32.9 Å². The summed E-state index contributed by atoms with van der Waals surface area (Å²) in [7, 11) is 0. The summed E-state index contributed by atoms with van der Waals surface area (Å²) in [6.45, 7) is 6.60. The van der Waals surface area contributed by atoms with Crippen molar-refractivity contribution in [2.75, 3.05) is 6.61 Å². The molecule has 0 radical (unpaired) electrons. The molecule has 114 valence electrons.